The van der Waals surface area contributed by atoms with Gasteiger partial charge in [0.1, 0.15) is 0 Å². The van der Waals surface area contributed by atoms with Crippen LogP contribution in [0.1, 0.15) is 32.8 Å². The number of rotatable bonds is 9. The molecular weight excluding hydrogens is 402 g/mol. The summed E-state index contributed by atoms with van der Waals surface area (Å²) < 4.78 is 4.97. The van der Waals surface area contributed by atoms with E-state index in [-0.39, 0.29) is 55.1 Å². The predicted octanol–water partition coefficient (Wildman–Crippen LogP) is 0.524. The molecule has 1 aromatic rings. The highest BCUT2D eigenvalue weighted by atomic mass is 16.5. The molecule has 1 fully saturated rings. The number of hydrogen-bond donors (Lipinski definition) is 3. The smallest absolute Gasteiger partial charge is 0.307 e. The van der Waals surface area contributed by atoms with Crippen LogP contribution in [0.25, 0.3) is 0 Å². The van der Waals surface area contributed by atoms with E-state index in [1.807, 2.05) is 18.7 Å². The zero-order valence-corrected chi connectivity index (χ0v) is 18.2. The van der Waals surface area contributed by atoms with E-state index in [1.165, 1.54) is 4.90 Å². The molecule has 1 aliphatic heterocycles. The van der Waals surface area contributed by atoms with Crippen molar-refractivity contribution in [3.63, 3.8) is 0 Å². The minimum atomic E-state index is -0.357. The number of amides is 2. The van der Waals surface area contributed by atoms with Crippen molar-refractivity contribution >= 4 is 29.3 Å². The van der Waals surface area contributed by atoms with Crippen LogP contribution < -0.4 is 16.0 Å². The average Bonchev–Trinajstić information content (AvgIpc) is 2.74. The molecule has 10 nitrogen and oxygen atoms in total. The summed E-state index contributed by atoms with van der Waals surface area (Å²) in [6, 6.07) is 6.67. The third-order valence-corrected chi connectivity index (χ3v) is 5.13. The van der Waals surface area contributed by atoms with Crippen molar-refractivity contribution in [2.45, 2.75) is 33.2 Å². The molecule has 2 rings (SSSR count). The largest absolute Gasteiger partial charge is 0.466 e. The summed E-state index contributed by atoms with van der Waals surface area (Å²) in [7, 11) is 0. The Labute approximate surface area is 182 Å². The number of carbonyl (C=O) groups is 3. The van der Waals surface area contributed by atoms with E-state index in [2.05, 4.69) is 10.5 Å². The maximum absolute atomic E-state index is 12.6. The molecule has 0 bridgehead atoms. The fraction of sp³-hybridized carbons (Fsp3) is 0.524. The highest BCUT2D eigenvalue weighted by Gasteiger charge is 2.27. The van der Waals surface area contributed by atoms with E-state index in [4.69, 9.17) is 15.7 Å². The van der Waals surface area contributed by atoms with E-state index in [9.17, 15) is 14.4 Å². The van der Waals surface area contributed by atoms with Crippen molar-refractivity contribution in [3.8, 4) is 0 Å². The Morgan fingerprint density at radius 3 is 2.48 bits per heavy atom. The van der Waals surface area contributed by atoms with Crippen molar-refractivity contribution in [1.82, 2.24) is 10.2 Å². The number of esters is 1. The molecule has 1 heterocycles. The van der Waals surface area contributed by atoms with Gasteiger partial charge >= 0.3 is 5.97 Å². The second kappa shape index (κ2) is 11.2. The van der Waals surface area contributed by atoms with Crippen molar-refractivity contribution < 1.29 is 24.3 Å². The molecule has 0 aliphatic carbocycles. The Bertz CT molecular complexity index is 809. The molecule has 1 aromatic carbocycles. The zero-order valence-electron chi connectivity index (χ0n) is 18.2. The molecular formula is C21H31N5O5. The van der Waals surface area contributed by atoms with Gasteiger partial charge in [0.05, 0.1) is 26.1 Å². The number of carbonyl (C=O) groups excluding carboxylic acids is 3. The van der Waals surface area contributed by atoms with Gasteiger partial charge in [-0.25, -0.2) is 0 Å². The number of hydrogen-bond acceptors (Lipinski definition) is 7. The number of oxime groups is 1. The van der Waals surface area contributed by atoms with Gasteiger partial charge in [-0.05, 0) is 37.1 Å². The van der Waals surface area contributed by atoms with Crippen LogP contribution in [0.3, 0.4) is 0 Å². The van der Waals surface area contributed by atoms with Crippen LogP contribution >= 0.6 is 0 Å². The Kier molecular flexibility index (Phi) is 8.65. The van der Waals surface area contributed by atoms with Gasteiger partial charge in [-0.2, -0.15) is 0 Å². The first-order valence-corrected chi connectivity index (χ1v) is 10.3. The van der Waals surface area contributed by atoms with Gasteiger partial charge in [0.15, 0.2) is 5.84 Å². The van der Waals surface area contributed by atoms with Gasteiger partial charge in [-0.3, -0.25) is 14.4 Å². The lowest BCUT2D eigenvalue weighted by Crippen LogP contribution is -2.54. The molecule has 1 aliphatic rings. The van der Waals surface area contributed by atoms with Crippen molar-refractivity contribution in [3.05, 3.63) is 29.8 Å². The van der Waals surface area contributed by atoms with Gasteiger partial charge in [-0.1, -0.05) is 19.0 Å². The third-order valence-electron chi connectivity index (χ3n) is 5.13. The molecule has 2 amide bonds. The summed E-state index contributed by atoms with van der Waals surface area (Å²) in [6.07, 6.45) is 0.0977. The highest BCUT2D eigenvalue weighted by molar-refractivity contribution is 5.97. The summed E-state index contributed by atoms with van der Waals surface area (Å²) in [5, 5.41) is 14.6. The van der Waals surface area contributed by atoms with E-state index in [1.54, 1.807) is 31.2 Å². The zero-order chi connectivity index (χ0) is 23.0. The van der Waals surface area contributed by atoms with Gasteiger partial charge in [-0.15, -0.1) is 0 Å². The minimum Gasteiger partial charge on any atom is -0.466 e. The molecule has 10 heteroatoms. The summed E-state index contributed by atoms with van der Waals surface area (Å²) in [6.45, 7) is 6.92. The normalized spacial score (nSPS) is 15.7. The average molecular weight is 434 g/mol. The van der Waals surface area contributed by atoms with Gasteiger partial charge in [0.25, 0.3) is 0 Å². The van der Waals surface area contributed by atoms with Crippen molar-refractivity contribution in [2.75, 3.05) is 37.7 Å². The van der Waals surface area contributed by atoms with Crippen LogP contribution in [0.4, 0.5) is 5.69 Å². The number of piperazine rings is 1. The van der Waals surface area contributed by atoms with Crippen LogP contribution in [-0.2, 0) is 19.1 Å². The molecule has 0 aromatic heterocycles. The molecule has 170 valence electrons. The third kappa shape index (κ3) is 6.87. The number of benzene rings is 1. The van der Waals surface area contributed by atoms with Crippen molar-refractivity contribution in [1.29, 1.82) is 0 Å². The second-order valence-corrected chi connectivity index (χ2v) is 7.70. The lowest BCUT2D eigenvalue weighted by molar-refractivity contribution is -0.144. The summed E-state index contributed by atoms with van der Waals surface area (Å²) in [4.78, 5) is 40.2. The quantitative estimate of drug-likeness (QED) is 0.170. The Morgan fingerprint density at radius 1 is 1.26 bits per heavy atom. The number of nitrogens with two attached hydrogens (primary N) is 1. The molecule has 1 saturated heterocycles. The Balaban J connectivity index is 1.90. The first kappa shape index (κ1) is 24.0. The second-order valence-electron chi connectivity index (χ2n) is 7.70. The minimum absolute atomic E-state index is 0.0149. The molecule has 1 unspecified atom stereocenters. The SMILES string of the molecule is CCOC(=O)CC(NC(=O)CN1CCN(c2ccc(/C(N)=N\O)cc2)CC1=O)C(C)C. The van der Waals surface area contributed by atoms with Gasteiger partial charge in [0.2, 0.25) is 11.8 Å². The topological polar surface area (TPSA) is 138 Å². The number of nitrogens with one attached hydrogen (secondary N) is 1. The van der Waals surface area contributed by atoms with Crippen LogP contribution in [-0.4, -0.2) is 72.6 Å². The number of ether oxygens (including phenoxy) is 1. The van der Waals surface area contributed by atoms with E-state index in [0.717, 1.165) is 5.69 Å². The molecule has 31 heavy (non-hydrogen) atoms. The molecule has 4 N–H and O–H groups in total. The first-order chi connectivity index (χ1) is 14.7. The molecule has 0 saturated carbocycles. The van der Waals surface area contributed by atoms with E-state index in [0.29, 0.717) is 25.3 Å². The van der Waals surface area contributed by atoms with Crippen molar-refractivity contribution in [2.24, 2.45) is 16.8 Å². The monoisotopic (exact) mass is 433 g/mol. The predicted molar refractivity (Wildman–Crippen MR) is 116 cm³/mol. The molecule has 1 atom stereocenters. The van der Waals surface area contributed by atoms with Crippen LogP contribution in [0.2, 0.25) is 0 Å². The van der Waals surface area contributed by atoms with E-state index >= 15 is 0 Å². The highest BCUT2D eigenvalue weighted by Crippen LogP contribution is 2.18. The lowest BCUT2D eigenvalue weighted by atomic mass is 10.0. The molecule has 0 radical (unpaired) electrons. The molecule has 0 spiro atoms. The Hall–Kier alpha value is -3.30. The van der Waals surface area contributed by atoms with Crippen LogP contribution in [0.15, 0.2) is 29.4 Å². The maximum Gasteiger partial charge on any atom is 0.307 e. The fourth-order valence-corrected chi connectivity index (χ4v) is 3.28. The fourth-order valence-electron chi connectivity index (χ4n) is 3.28. The Morgan fingerprint density at radius 2 is 1.94 bits per heavy atom. The number of anilines is 1. The maximum atomic E-state index is 12.6. The summed E-state index contributed by atoms with van der Waals surface area (Å²) in [5.41, 5.74) is 6.98. The van der Waals surface area contributed by atoms with Crippen LogP contribution in [0, 0.1) is 5.92 Å². The van der Waals surface area contributed by atoms with Gasteiger partial charge in [0, 0.05) is 30.4 Å². The summed E-state index contributed by atoms with van der Waals surface area (Å²) >= 11 is 0. The standard InChI is InChI=1S/C21H31N5O5/c1-4-31-20(29)11-17(14(2)3)23-18(27)12-26-10-9-25(13-19(26)28)16-7-5-15(6-8-16)21(22)24-30/h5-8,14,17,30H,4,9-13H2,1-3H3,(H2,22,24)(H,23,27). The first-order valence-electron chi connectivity index (χ1n) is 10.3. The lowest BCUT2D eigenvalue weighted by Gasteiger charge is -2.35. The van der Waals surface area contributed by atoms with E-state index < -0.39 is 0 Å². The number of nitrogens with zero attached hydrogens (tertiary/aromatic N) is 3. The number of amidine groups is 1. The van der Waals surface area contributed by atoms with Gasteiger partial charge < -0.3 is 30.8 Å². The van der Waals surface area contributed by atoms with Crippen LogP contribution in [0.5, 0.6) is 0 Å². The summed E-state index contributed by atoms with van der Waals surface area (Å²) in [5.74, 6) is -0.750.